The van der Waals surface area contributed by atoms with Gasteiger partial charge in [0.15, 0.2) is 0 Å². The summed E-state index contributed by atoms with van der Waals surface area (Å²) in [6, 6.07) is 6.58. The van der Waals surface area contributed by atoms with Crippen LogP contribution in [0.5, 0.6) is 0 Å². The SMILES string of the molecule is COC(=O)/C=C/CCN([C@@H](C)CBr)S(=O)(=O)c1ccc(C)cc1. The van der Waals surface area contributed by atoms with Crippen LogP contribution in [0.4, 0.5) is 0 Å². The number of nitrogens with zero attached hydrogens (tertiary/aromatic N) is 1. The highest BCUT2D eigenvalue weighted by atomic mass is 79.9. The monoisotopic (exact) mass is 403 g/mol. The Hall–Kier alpha value is -1.18. The molecule has 0 bridgehead atoms. The third-order valence-electron chi connectivity index (χ3n) is 3.31. The zero-order chi connectivity index (χ0) is 17.5. The molecule has 1 aromatic rings. The molecule has 0 heterocycles. The highest BCUT2D eigenvalue weighted by Gasteiger charge is 2.27. The van der Waals surface area contributed by atoms with E-state index in [9.17, 15) is 13.2 Å². The van der Waals surface area contributed by atoms with Crippen molar-refractivity contribution in [1.82, 2.24) is 4.31 Å². The lowest BCUT2D eigenvalue weighted by Crippen LogP contribution is -2.40. The van der Waals surface area contributed by atoms with Gasteiger partial charge in [-0.1, -0.05) is 39.7 Å². The summed E-state index contributed by atoms with van der Waals surface area (Å²) >= 11 is 3.34. The molecule has 5 nitrogen and oxygen atoms in total. The molecule has 0 radical (unpaired) electrons. The van der Waals surface area contributed by atoms with Gasteiger partial charge in [-0.2, -0.15) is 4.31 Å². The van der Waals surface area contributed by atoms with Crippen molar-refractivity contribution in [2.75, 3.05) is 19.0 Å². The van der Waals surface area contributed by atoms with Gasteiger partial charge in [-0.3, -0.25) is 0 Å². The van der Waals surface area contributed by atoms with Gasteiger partial charge in [0, 0.05) is 24.0 Å². The van der Waals surface area contributed by atoms with Crippen LogP contribution < -0.4 is 0 Å². The minimum Gasteiger partial charge on any atom is -0.466 e. The van der Waals surface area contributed by atoms with Crippen LogP contribution in [0.1, 0.15) is 18.9 Å². The van der Waals surface area contributed by atoms with Gasteiger partial charge in [-0.05, 0) is 32.4 Å². The number of rotatable bonds is 8. The number of halogens is 1. The quantitative estimate of drug-likeness (QED) is 0.380. The number of hydrogen-bond donors (Lipinski definition) is 0. The number of benzene rings is 1. The average molecular weight is 404 g/mol. The van der Waals surface area contributed by atoms with Crippen molar-refractivity contribution in [3.05, 3.63) is 42.0 Å². The fraction of sp³-hybridized carbons (Fsp3) is 0.438. The number of alkyl halides is 1. The number of carbonyl (C=O) groups is 1. The highest BCUT2D eigenvalue weighted by molar-refractivity contribution is 9.09. The Morgan fingerprint density at radius 3 is 2.48 bits per heavy atom. The topological polar surface area (TPSA) is 63.7 Å². The lowest BCUT2D eigenvalue weighted by atomic mass is 10.2. The van der Waals surface area contributed by atoms with Crippen molar-refractivity contribution in [3.63, 3.8) is 0 Å². The lowest BCUT2D eigenvalue weighted by molar-refractivity contribution is -0.134. The highest BCUT2D eigenvalue weighted by Crippen LogP contribution is 2.20. The Morgan fingerprint density at radius 2 is 1.96 bits per heavy atom. The van der Waals surface area contributed by atoms with Crippen LogP contribution in [-0.4, -0.2) is 43.7 Å². The number of methoxy groups -OCH3 is 1. The number of sulfonamides is 1. The molecule has 128 valence electrons. The molecule has 23 heavy (non-hydrogen) atoms. The molecule has 0 aromatic heterocycles. The van der Waals surface area contributed by atoms with E-state index in [2.05, 4.69) is 20.7 Å². The lowest BCUT2D eigenvalue weighted by Gasteiger charge is -2.27. The number of hydrogen-bond acceptors (Lipinski definition) is 4. The summed E-state index contributed by atoms with van der Waals surface area (Å²) in [4.78, 5) is 11.3. The fourth-order valence-electron chi connectivity index (χ4n) is 1.95. The first kappa shape index (κ1) is 19.9. The summed E-state index contributed by atoms with van der Waals surface area (Å²) in [5.41, 5.74) is 1.00. The predicted molar refractivity (Wildman–Crippen MR) is 94.1 cm³/mol. The Bertz CT molecular complexity index is 641. The molecule has 0 fully saturated rings. The average Bonchev–Trinajstić information content (AvgIpc) is 2.54. The Labute approximate surface area is 146 Å². The number of aryl methyl sites for hydroxylation is 1. The Kier molecular flexibility index (Phi) is 7.94. The molecule has 0 aliphatic carbocycles. The molecule has 1 rings (SSSR count). The van der Waals surface area contributed by atoms with Gasteiger partial charge in [0.25, 0.3) is 0 Å². The van der Waals surface area contributed by atoms with Gasteiger partial charge in [0.05, 0.1) is 12.0 Å². The van der Waals surface area contributed by atoms with E-state index in [1.54, 1.807) is 30.3 Å². The zero-order valence-corrected chi connectivity index (χ0v) is 15.9. The molecule has 0 aliphatic rings. The van der Waals surface area contributed by atoms with E-state index in [4.69, 9.17) is 0 Å². The molecular formula is C16H22BrNO4S. The summed E-state index contributed by atoms with van der Waals surface area (Å²) in [6.07, 6.45) is 3.34. The first-order valence-electron chi connectivity index (χ1n) is 7.22. The van der Waals surface area contributed by atoms with Crippen molar-refractivity contribution in [2.45, 2.75) is 31.2 Å². The normalized spacial score (nSPS) is 13.4. The van der Waals surface area contributed by atoms with Gasteiger partial charge >= 0.3 is 5.97 Å². The molecule has 0 saturated heterocycles. The third-order valence-corrected chi connectivity index (χ3v) is 6.28. The Balaban J connectivity index is 2.94. The van der Waals surface area contributed by atoms with E-state index in [1.165, 1.54) is 17.5 Å². The van der Waals surface area contributed by atoms with Gasteiger partial charge in [0.1, 0.15) is 0 Å². The summed E-state index contributed by atoms with van der Waals surface area (Å²) in [5, 5.41) is 0.527. The second-order valence-corrected chi connectivity index (χ2v) is 7.68. The maximum absolute atomic E-state index is 12.8. The molecule has 0 unspecified atom stereocenters. The summed E-state index contributed by atoms with van der Waals surface area (Å²) in [7, 11) is -2.28. The molecule has 0 amide bonds. The molecule has 1 atom stereocenters. The van der Waals surface area contributed by atoms with Crippen LogP contribution in [0, 0.1) is 6.92 Å². The van der Waals surface area contributed by atoms with Crippen LogP contribution in [-0.2, 0) is 19.6 Å². The van der Waals surface area contributed by atoms with Crippen LogP contribution in [0.2, 0.25) is 0 Å². The van der Waals surface area contributed by atoms with Gasteiger partial charge in [-0.15, -0.1) is 0 Å². The largest absolute Gasteiger partial charge is 0.466 e. The molecule has 0 aliphatic heterocycles. The Morgan fingerprint density at radius 1 is 1.35 bits per heavy atom. The maximum atomic E-state index is 12.8. The maximum Gasteiger partial charge on any atom is 0.330 e. The molecule has 0 spiro atoms. The van der Waals surface area contributed by atoms with Crippen molar-refractivity contribution in [3.8, 4) is 0 Å². The third kappa shape index (κ3) is 5.75. The minimum atomic E-state index is -3.58. The van der Waals surface area contributed by atoms with Crippen LogP contribution >= 0.6 is 15.9 Å². The standard InChI is InChI=1S/C16H22BrNO4S/c1-13-7-9-15(10-8-13)23(20,21)18(14(2)12-17)11-5-4-6-16(19)22-3/h4,6-10,14H,5,11-12H2,1-3H3/b6-4+/t14-/m0/s1. The van der Waals surface area contributed by atoms with E-state index >= 15 is 0 Å². The van der Waals surface area contributed by atoms with Crippen molar-refractivity contribution in [2.24, 2.45) is 0 Å². The van der Waals surface area contributed by atoms with E-state index in [0.29, 0.717) is 11.8 Å². The predicted octanol–water partition coefficient (Wildman–Crippen LogP) is 2.89. The van der Waals surface area contributed by atoms with Crippen LogP contribution in [0.3, 0.4) is 0 Å². The van der Waals surface area contributed by atoms with E-state index in [1.807, 2.05) is 13.8 Å². The van der Waals surface area contributed by atoms with E-state index in [0.717, 1.165) is 5.56 Å². The zero-order valence-electron chi connectivity index (χ0n) is 13.5. The number of ether oxygens (including phenoxy) is 1. The van der Waals surface area contributed by atoms with Gasteiger partial charge < -0.3 is 4.74 Å². The van der Waals surface area contributed by atoms with Crippen molar-refractivity contribution < 1.29 is 17.9 Å². The molecule has 0 saturated carbocycles. The summed E-state index contributed by atoms with van der Waals surface area (Å²) < 4.78 is 31.6. The molecular weight excluding hydrogens is 382 g/mol. The van der Waals surface area contributed by atoms with E-state index < -0.39 is 16.0 Å². The minimum absolute atomic E-state index is 0.201. The smallest absolute Gasteiger partial charge is 0.330 e. The van der Waals surface area contributed by atoms with Crippen molar-refractivity contribution in [1.29, 1.82) is 0 Å². The summed E-state index contributed by atoms with van der Waals surface area (Å²) in [5.74, 6) is -0.452. The second kappa shape index (κ2) is 9.20. The van der Waals surface area contributed by atoms with Gasteiger partial charge in [-0.25, -0.2) is 13.2 Å². The first-order chi connectivity index (χ1) is 10.8. The first-order valence-corrected chi connectivity index (χ1v) is 9.78. The van der Waals surface area contributed by atoms with Crippen LogP contribution in [0.25, 0.3) is 0 Å². The van der Waals surface area contributed by atoms with Crippen molar-refractivity contribution >= 4 is 31.9 Å². The molecule has 0 N–H and O–H groups in total. The summed E-state index contributed by atoms with van der Waals surface area (Å²) in [6.45, 7) is 4.04. The van der Waals surface area contributed by atoms with E-state index in [-0.39, 0.29) is 17.5 Å². The number of carbonyl (C=O) groups excluding carboxylic acids is 1. The second-order valence-electron chi connectivity index (χ2n) is 5.15. The fourth-order valence-corrected chi connectivity index (χ4v) is 4.14. The molecule has 7 heteroatoms. The van der Waals surface area contributed by atoms with Crippen LogP contribution in [0.15, 0.2) is 41.3 Å². The number of esters is 1. The molecule has 1 aromatic carbocycles. The van der Waals surface area contributed by atoms with Gasteiger partial charge in [0.2, 0.25) is 10.0 Å².